The zero-order valence-electron chi connectivity index (χ0n) is 93.3. The van der Waals surface area contributed by atoms with E-state index in [9.17, 15) is 54.9 Å². The van der Waals surface area contributed by atoms with Crippen LogP contribution in [-0.2, 0) is 68.0 Å². The molecule has 1 aromatic heterocycles. The van der Waals surface area contributed by atoms with Crippen LogP contribution in [0.4, 0.5) is 13.2 Å². The molecule has 8 aromatic rings. The second-order valence-corrected chi connectivity index (χ2v) is 50.0. The highest BCUT2D eigenvalue weighted by Gasteiger charge is 2.64. The number of thiophene rings is 1. The summed E-state index contributed by atoms with van der Waals surface area (Å²) in [5.74, 6) is -0.206. The molecule has 7 fully saturated rings. The summed E-state index contributed by atoms with van der Waals surface area (Å²) >= 11 is 0. The van der Waals surface area contributed by atoms with Crippen molar-refractivity contribution in [1.82, 2.24) is 0 Å². The van der Waals surface area contributed by atoms with E-state index < -0.39 is 61.9 Å². The van der Waals surface area contributed by atoms with E-state index in [2.05, 4.69) is 153 Å². The van der Waals surface area contributed by atoms with Gasteiger partial charge in [-0.1, -0.05) is 169 Å². The summed E-state index contributed by atoms with van der Waals surface area (Å²) in [6, 6.07) is 58.1. The summed E-state index contributed by atoms with van der Waals surface area (Å²) in [4.78, 5) is 74.4. The molecule has 0 aliphatic heterocycles. The van der Waals surface area contributed by atoms with Crippen molar-refractivity contribution in [1.29, 1.82) is 0 Å². The number of rotatable bonds is 29. The maximum atomic E-state index is 13.3. The molecule has 146 heavy (non-hydrogen) atoms. The third-order valence-corrected chi connectivity index (χ3v) is 34.4. The molecule has 0 saturated heterocycles. The Morgan fingerprint density at radius 3 is 1.23 bits per heavy atom. The van der Waals surface area contributed by atoms with E-state index in [1.165, 1.54) is 80.3 Å². The van der Waals surface area contributed by atoms with Crippen molar-refractivity contribution in [3.05, 3.63) is 193 Å². The first-order chi connectivity index (χ1) is 67.9. The van der Waals surface area contributed by atoms with Crippen molar-refractivity contribution in [3.63, 3.8) is 0 Å². The number of carbonyl (C=O) groups is 6. The first-order valence-electron chi connectivity index (χ1n) is 53.4. The number of esters is 6. The van der Waals surface area contributed by atoms with E-state index in [1.54, 1.807) is 56.3 Å². The van der Waals surface area contributed by atoms with Gasteiger partial charge < -0.3 is 53.0 Å². The standard InChI is InChI=1S/C20H29F3O7S.C18H26O3.C18H13S.2C12H22O2.C11H22O2.C11H16O.2C10H14O/c1-4-17(2,3)15(24)30-19-8-12-5-13(9-19)7-18(6-12,11-19)16(25)29-14(20(21,22)23)10-31(26,27)28;1-5-17(2,3)16(19)20-14-8-10-15(11-9-14)21-18(4)12-6-7-13-18;1-2-8-14(9-3-1)19-17-12-6-4-10-15(17)16-11-5-7-13-18(16)19;2*1-5-11(2,3)10(13)14-12(4)8-6-7-9-12;1-7-10(3,4)9(12)13-11(5,6)8-2;1-4-11(2,3)9-5-7-10(12)8-6-9;1-3-8(2)9-4-6-10(11)7-5-9;1-3-8(2)9-5-4-6-10(11)7-9/h12-14H,4-11H2,1-3H3,(H,26,27,28);8-11H,5-7,12-13H2,1-4H3;1-13H;2*5-9H2,1-4H3;7-8H2,1-6H3;5-8,12H,4H2,1-3H3;2*4-8,11H,3H2,1-2H3/q;;+1;;;;;;/p-1. The largest absolute Gasteiger partial charge is 0.748 e. The van der Waals surface area contributed by atoms with Crippen molar-refractivity contribution < 1.29 is 103 Å². The Morgan fingerprint density at radius 2 is 0.822 bits per heavy atom. The fourth-order valence-corrected chi connectivity index (χ4v) is 21.1. The molecule has 4 bridgehead atoms. The molecule has 7 saturated carbocycles. The Morgan fingerprint density at radius 1 is 0.432 bits per heavy atom. The van der Waals surface area contributed by atoms with Crippen LogP contribution >= 0.6 is 10.5 Å². The number of phenols is 3. The van der Waals surface area contributed by atoms with Gasteiger partial charge in [0.15, 0.2) is 14.3 Å². The Labute approximate surface area is 875 Å². The first kappa shape index (κ1) is 125. The molecule has 0 amide bonds. The smallest absolute Gasteiger partial charge is 0.426 e. The molecular weight excluding hydrogens is 1890 g/mol. The molecule has 7 aliphatic rings. The van der Waals surface area contributed by atoms with Crippen molar-refractivity contribution in [2.75, 3.05) is 5.75 Å². The van der Waals surface area contributed by atoms with Crippen LogP contribution in [0.15, 0.2) is 176 Å². The Balaban J connectivity index is 0.000000257. The number of halogens is 3. The predicted molar refractivity (Wildman–Crippen MR) is 583 cm³/mol. The summed E-state index contributed by atoms with van der Waals surface area (Å²) in [6.07, 6.45) is 15.9. The Kier molecular flexibility index (Phi) is 46.1. The average Bonchev–Trinajstić information content (AvgIpc) is 1.21. The number of benzene rings is 7. The van der Waals surface area contributed by atoms with Crippen LogP contribution in [0.25, 0.3) is 25.1 Å². The lowest BCUT2D eigenvalue weighted by molar-refractivity contribution is -0.239. The summed E-state index contributed by atoms with van der Waals surface area (Å²) in [5, 5.41) is 30.1. The molecule has 0 radical (unpaired) electrons. The second kappa shape index (κ2) is 53.8. The van der Waals surface area contributed by atoms with E-state index in [1.807, 2.05) is 165 Å². The SMILES string of the molecule is CCC(C)(C)C(=O)OC1(C)CCCC1.CCC(C)(C)C(=O)OC1(C)CCCC1.CCC(C)(C)C(=O)OC12CC3CC(C1)CC(C(=O)OC(CS(=O)(=O)[O-])C(F)(F)F)(C3)C2.CCC(C)(C)C(=O)Oc1ccc(OC2(C)CCCC2)cc1.CCC(C)(C)OC(=O)C(C)(C)CC.CCC(C)(C)c1ccc(O)cc1.CCC(C)c1ccc(O)cc1.CCC(C)c1cccc(O)c1.c1ccc(-[s+]2c3ccccc3c3ccccc32)cc1. The molecule has 19 nitrogen and oxygen atoms in total. The maximum Gasteiger partial charge on any atom is 0.426 e. The highest BCUT2D eigenvalue weighted by molar-refractivity contribution is 7.85. The zero-order chi connectivity index (χ0) is 110. The van der Waals surface area contributed by atoms with Gasteiger partial charge in [0, 0.05) is 27.7 Å². The molecule has 1 heterocycles. The third-order valence-electron chi connectivity index (χ3n) is 31.3. The molecule has 15 rings (SSSR count). The number of carbonyl (C=O) groups excluding carboxylic acids is 6. The molecule has 7 aromatic carbocycles. The quantitative estimate of drug-likeness (QED) is 0.0129. The van der Waals surface area contributed by atoms with Crippen LogP contribution in [0.1, 0.15) is 396 Å². The Hall–Kier alpha value is -9.52. The summed E-state index contributed by atoms with van der Waals surface area (Å²) in [7, 11) is -5.21. The fraction of sp³-hybridized carbons (Fsp3) is 0.607. The van der Waals surface area contributed by atoms with Gasteiger partial charge in [0.2, 0.25) is 6.10 Å². The van der Waals surface area contributed by atoms with Crippen molar-refractivity contribution in [2.24, 2.45) is 44.3 Å². The van der Waals surface area contributed by atoms with Gasteiger partial charge in [-0.3, -0.25) is 28.8 Å². The molecule has 3 N–H and O–H groups in total. The van der Waals surface area contributed by atoms with Crippen molar-refractivity contribution in [3.8, 4) is 33.6 Å². The monoisotopic (exact) mass is 2070 g/mol. The minimum absolute atomic E-state index is 0.00100. The predicted octanol–water partition coefficient (Wildman–Crippen LogP) is 32.4. The normalized spacial score (nSPS) is 19.2. The molecular formula is C122H177F3O19S2. The number of fused-ring (bicyclic) bond motifs is 3. The summed E-state index contributed by atoms with van der Waals surface area (Å²) in [5.41, 5.74) is -1.13. The number of hydrogen-bond donors (Lipinski definition) is 3. The van der Waals surface area contributed by atoms with Gasteiger partial charge >= 0.3 is 42.0 Å². The van der Waals surface area contributed by atoms with Gasteiger partial charge in [-0.15, -0.1) is 0 Å². The lowest BCUT2D eigenvalue weighted by Gasteiger charge is -2.60. The van der Waals surface area contributed by atoms with Crippen LogP contribution in [-0.4, -0.2) is 110 Å². The van der Waals surface area contributed by atoms with E-state index in [0.717, 1.165) is 102 Å². The van der Waals surface area contributed by atoms with Gasteiger partial charge in [0.25, 0.3) is 0 Å². The molecule has 0 spiro atoms. The molecule has 5 atom stereocenters. The van der Waals surface area contributed by atoms with Crippen LogP contribution in [0.3, 0.4) is 0 Å². The maximum absolute atomic E-state index is 13.3. The number of aromatic hydroxyl groups is 3. The number of alkyl halides is 3. The Bertz CT molecular complexity index is 5420. The average molecular weight is 2070 g/mol. The van der Waals surface area contributed by atoms with Gasteiger partial charge in [-0.2, -0.15) is 13.2 Å². The topological polar surface area (TPSA) is 285 Å². The number of hydrogen-bond acceptors (Lipinski definition) is 19. The van der Waals surface area contributed by atoms with E-state index >= 15 is 0 Å². The van der Waals surface area contributed by atoms with E-state index in [-0.39, 0.29) is 96.7 Å². The van der Waals surface area contributed by atoms with E-state index in [4.69, 9.17) is 43.7 Å². The van der Waals surface area contributed by atoms with Crippen LogP contribution in [0.5, 0.6) is 28.7 Å². The van der Waals surface area contributed by atoms with Crippen LogP contribution in [0.2, 0.25) is 0 Å². The second-order valence-electron chi connectivity index (χ2n) is 46.6. The van der Waals surface area contributed by atoms with Gasteiger partial charge in [0.1, 0.15) is 56.8 Å². The lowest BCUT2D eigenvalue weighted by Crippen LogP contribution is -2.61. The van der Waals surface area contributed by atoms with Crippen LogP contribution < -0.4 is 9.47 Å². The zero-order valence-corrected chi connectivity index (χ0v) is 94.9. The minimum atomic E-state index is -5.27. The van der Waals surface area contributed by atoms with Gasteiger partial charge in [-0.25, -0.2) is 8.42 Å². The van der Waals surface area contributed by atoms with Crippen LogP contribution in [0, 0.1) is 44.3 Å². The minimum Gasteiger partial charge on any atom is -0.748 e. The highest BCUT2D eigenvalue weighted by atomic mass is 32.2. The molecule has 24 heteroatoms. The van der Waals surface area contributed by atoms with Crippen molar-refractivity contribution in [2.45, 2.75) is 425 Å². The summed E-state index contributed by atoms with van der Waals surface area (Å²) in [6.45, 7) is 56.3. The molecule has 5 unspecified atom stereocenters. The van der Waals surface area contributed by atoms with E-state index in [0.29, 0.717) is 66.9 Å². The van der Waals surface area contributed by atoms with Crippen molar-refractivity contribution >= 4 is 76.6 Å². The fourth-order valence-electron chi connectivity index (χ4n) is 18.1. The third kappa shape index (κ3) is 37.6. The molecule has 7 aliphatic carbocycles. The molecule has 812 valence electrons. The van der Waals surface area contributed by atoms with Gasteiger partial charge in [-0.05, 0) is 414 Å². The van der Waals surface area contributed by atoms with Gasteiger partial charge in [0.05, 0.1) is 48.4 Å². The number of ether oxygens (including phenoxy) is 7. The summed E-state index contributed by atoms with van der Waals surface area (Å²) < 4.78 is 114. The number of phenolic OH excluding ortho intramolecular Hbond substituents is 3. The highest BCUT2D eigenvalue weighted by Crippen LogP contribution is 2.64. The lowest BCUT2D eigenvalue weighted by atomic mass is 9.48. The first-order valence-corrected chi connectivity index (χ1v) is 56.2.